The summed E-state index contributed by atoms with van der Waals surface area (Å²) in [5, 5.41) is 5.48. The van der Waals surface area contributed by atoms with Crippen LogP contribution in [-0.2, 0) is 9.59 Å². The molecule has 0 aliphatic carbocycles. The van der Waals surface area contributed by atoms with Gasteiger partial charge >= 0.3 is 0 Å². The van der Waals surface area contributed by atoms with Crippen LogP contribution in [0.3, 0.4) is 0 Å². The zero-order valence-corrected chi connectivity index (χ0v) is 10.6. The van der Waals surface area contributed by atoms with Gasteiger partial charge in [0.1, 0.15) is 0 Å². The number of anilines is 2. The summed E-state index contributed by atoms with van der Waals surface area (Å²) in [6, 6.07) is 7.12. The Morgan fingerprint density at radius 3 is 1.88 bits per heavy atom. The molecule has 0 bridgehead atoms. The smallest absolute Gasteiger partial charge is 0.229 e. The molecule has 0 fully saturated rings. The molecule has 0 heterocycles. The van der Waals surface area contributed by atoms with Crippen molar-refractivity contribution in [3.05, 3.63) is 24.3 Å². The van der Waals surface area contributed by atoms with Gasteiger partial charge in [0.25, 0.3) is 0 Å². The number of rotatable bonds is 2. The van der Waals surface area contributed by atoms with Gasteiger partial charge in [-0.3, -0.25) is 9.59 Å². The number of nitrogens with one attached hydrogen (secondary N) is 2. The van der Waals surface area contributed by atoms with Gasteiger partial charge in [-0.05, 0) is 12.1 Å². The highest BCUT2D eigenvalue weighted by molar-refractivity contribution is 6.00. The highest BCUT2D eigenvalue weighted by Crippen LogP contribution is 2.24. The summed E-state index contributed by atoms with van der Waals surface area (Å²) in [5.74, 6) is -0.252. The van der Waals surface area contributed by atoms with Crippen LogP contribution >= 0.6 is 0 Å². The minimum atomic E-state index is -0.469. The molecule has 17 heavy (non-hydrogen) atoms. The van der Waals surface area contributed by atoms with Gasteiger partial charge in [0.15, 0.2) is 0 Å². The van der Waals surface area contributed by atoms with E-state index in [0.29, 0.717) is 11.4 Å². The molecule has 1 aromatic carbocycles. The Bertz CT molecular complexity index is 433. The van der Waals surface area contributed by atoms with Crippen LogP contribution in [0.25, 0.3) is 0 Å². The molecule has 0 saturated carbocycles. The zero-order chi connectivity index (χ0) is 13.1. The maximum absolute atomic E-state index is 11.8. The van der Waals surface area contributed by atoms with E-state index in [9.17, 15) is 9.59 Å². The van der Waals surface area contributed by atoms with Crippen molar-refractivity contribution >= 4 is 23.2 Å². The van der Waals surface area contributed by atoms with E-state index in [1.807, 2.05) is 26.8 Å². The van der Waals surface area contributed by atoms with Crippen molar-refractivity contribution in [2.24, 2.45) is 5.41 Å². The van der Waals surface area contributed by atoms with E-state index >= 15 is 0 Å². The minimum Gasteiger partial charge on any atom is -0.325 e. The van der Waals surface area contributed by atoms with Crippen molar-refractivity contribution in [2.45, 2.75) is 27.7 Å². The fourth-order valence-corrected chi connectivity index (χ4v) is 1.20. The molecule has 2 N–H and O–H groups in total. The fourth-order valence-electron chi connectivity index (χ4n) is 1.20. The molecule has 0 atom stereocenters. The third-order valence-electron chi connectivity index (χ3n) is 2.17. The summed E-state index contributed by atoms with van der Waals surface area (Å²) in [6.45, 7) is 6.94. The summed E-state index contributed by atoms with van der Waals surface area (Å²) in [6.07, 6.45) is 0. The van der Waals surface area contributed by atoms with E-state index in [2.05, 4.69) is 10.6 Å². The Morgan fingerprint density at radius 2 is 1.47 bits per heavy atom. The minimum absolute atomic E-state index is 0.0877. The second kappa shape index (κ2) is 4.99. The summed E-state index contributed by atoms with van der Waals surface area (Å²) < 4.78 is 0. The van der Waals surface area contributed by atoms with E-state index in [0.717, 1.165) is 0 Å². The van der Waals surface area contributed by atoms with Crippen molar-refractivity contribution in [3.63, 3.8) is 0 Å². The van der Waals surface area contributed by atoms with Gasteiger partial charge in [-0.15, -0.1) is 0 Å². The second-order valence-corrected chi connectivity index (χ2v) is 4.93. The molecule has 0 spiro atoms. The van der Waals surface area contributed by atoms with Gasteiger partial charge in [0, 0.05) is 12.3 Å². The average molecular weight is 234 g/mol. The SMILES string of the molecule is CC(=O)Nc1ccccc1NC(=O)C(C)(C)C. The van der Waals surface area contributed by atoms with E-state index < -0.39 is 5.41 Å². The molecule has 0 aliphatic heterocycles. The van der Waals surface area contributed by atoms with Crippen LogP contribution in [0.4, 0.5) is 11.4 Å². The van der Waals surface area contributed by atoms with Gasteiger partial charge in [0.05, 0.1) is 11.4 Å². The molecule has 1 aromatic rings. The van der Waals surface area contributed by atoms with Gasteiger partial charge in [-0.25, -0.2) is 0 Å². The Morgan fingerprint density at radius 1 is 1.00 bits per heavy atom. The molecule has 0 aliphatic rings. The molecule has 4 nitrogen and oxygen atoms in total. The van der Waals surface area contributed by atoms with Crippen LogP contribution in [0.2, 0.25) is 0 Å². The molecule has 2 amide bonds. The first kappa shape index (κ1) is 13.2. The van der Waals surface area contributed by atoms with Crippen molar-refractivity contribution in [1.82, 2.24) is 0 Å². The first-order valence-electron chi connectivity index (χ1n) is 5.49. The fraction of sp³-hybridized carbons (Fsp3) is 0.385. The Balaban J connectivity index is 2.91. The number of hydrogen-bond acceptors (Lipinski definition) is 2. The highest BCUT2D eigenvalue weighted by Gasteiger charge is 2.21. The first-order valence-corrected chi connectivity index (χ1v) is 5.49. The third-order valence-corrected chi connectivity index (χ3v) is 2.17. The van der Waals surface area contributed by atoms with Crippen LogP contribution in [0, 0.1) is 5.41 Å². The highest BCUT2D eigenvalue weighted by atomic mass is 16.2. The molecule has 4 heteroatoms. The summed E-state index contributed by atoms with van der Waals surface area (Å²) in [5.41, 5.74) is 0.754. The zero-order valence-electron chi connectivity index (χ0n) is 10.6. The summed E-state index contributed by atoms with van der Waals surface area (Å²) in [7, 11) is 0. The summed E-state index contributed by atoms with van der Waals surface area (Å²) >= 11 is 0. The van der Waals surface area contributed by atoms with Crippen molar-refractivity contribution in [1.29, 1.82) is 0 Å². The molecule has 0 unspecified atom stereocenters. The standard InChI is InChI=1S/C13H18N2O2/c1-9(16)14-10-7-5-6-8-11(10)15-12(17)13(2,3)4/h5-8H,1-4H3,(H,14,16)(H,15,17). The van der Waals surface area contributed by atoms with Crippen molar-refractivity contribution < 1.29 is 9.59 Å². The number of para-hydroxylation sites is 2. The van der Waals surface area contributed by atoms with E-state index in [1.54, 1.807) is 18.2 Å². The topological polar surface area (TPSA) is 58.2 Å². The number of benzene rings is 1. The number of carbonyl (C=O) groups excluding carboxylic acids is 2. The third kappa shape index (κ3) is 3.90. The van der Waals surface area contributed by atoms with E-state index in [-0.39, 0.29) is 11.8 Å². The Kier molecular flexibility index (Phi) is 3.89. The van der Waals surface area contributed by atoms with Gasteiger partial charge in [-0.1, -0.05) is 32.9 Å². The summed E-state index contributed by atoms with van der Waals surface area (Å²) in [4.78, 5) is 22.9. The van der Waals surface area contributed by atoms with Crippen LogP contribution < -0.4 is 10.6 Å². The Hall–Kier alpha value is -1.84. The van der Waals surface area contributed by atoms with E-state index in [1.165, 1.54) is 6.92 Å². The largest absolute Gasteiger partial charge is 0.325 e. The predicted octanol–water partition coefficient (Wildman–Crippen LogP) is 2.63. The monoisotopic (exact) mass is 234 g/mol. The molecular weight excluding hydrogens is 216 g/mol. The van der Waals surface area contributed by atoms with Crippen LogP contribution in [0.5, 0.6) is 0 Å². The van der Waals surface area contributed by atoms with Gasteiger partial charge in [-0.2, -0.15) is 0 Å². The molecule has 0 aromatic heterocycles. The lowest BCUT2D eigenvalue weighted by molar-refractivity contribution is -0.123. The van der Waals surface area contributed by atoms with E-state index in [4.69, 9.17) is 0 Å². The lowest BCUT2D eigenvalue weighted by atomic mass is 9.95. The Labute approximate surface area is 101 Å². The maximum Gasteiger partial charge on any atom is 0.229 e. The predicted molar refractivity (Wildman–Crippen MR) is 68.8 cm³/mol. The second-order valence-electron chi connectivity index (χ2n) is 4.93. The molecule has 0 saturated heterocycles. The molecule has 0 radical (unpaired) electrons. The molecule has 92 valence electrons. The average Bonchev–Trinajstić information content (AvgIpc) is 2.18. The van der Waals surface area contributed by atoms with Crippen LogP contribution in [0.15, 0.2) is 24.3 Å². The van der Waals surface area contributed by atoms with Gasteiger partial charge < -0.3 is 10.6 Å². The van der Waals surface area contributed by atoms with Crippen molar-refractivity contribution in [3.8, 4) is 0 Å². The lowest BCUT2D eigenvalue weighted by Gasteiger charge is -2.19. The quantitative estimate of drug-likeness (QED) is 0.826. The maximum atomic E-state index is 11.8. The van der Waals surface area contributed by atoms with Crippen LogP contribution in [0.1, 0.15) is 27.7 Å². The molecule has 1 rings (SSSR count). The number of hydrogen-bond donors (Lipinski definition) is 2. The number of amides is 2. The van der Waals surface area contributed by atoms with Crippen LogP contribution in [-0.4, -0.2) is 11.8 Å². The molecular formula is C13H18N2O2. The first-order chi connectivity index (χ1) is 7.80. The van der Waals surface area contributed by atoms with Crippen molar-refractivity contribution in [2.75, 3.05) is 10.6 Å². The number of carbonyl (C=O) groups is 2. The normalized spacial score (nSPS) is 10.8. The lowest BCUT2D eigenvalue weighted by Crippen LogP contribution is -2.28. The van der Waals surface area contributed by atoms with Gasteiger partial charge in [0.2, 0.25) is 11.8 Å².